The van der Waals surface area contributed by atoms with Crippen LogP contribution in [0.1, 0.15) is 38.8 Å². The van der Waals surface area contributed by atoms with Gasteiger partial charge in [0.05, 0.1) is 18.8 Å². The van der Waals surface area contributed by atoms with E-state index in [1.165, 1.54) is 0 Å². The Bertz CT molecular complexity index is 582. The number of fused-ring (bicyclic) bond motifs is 1. The Balaban J connectivity index is 2.36. The molecule has 0 amide bonds. The lowest BCUT2D eigenvalue weighted by atomic mass is 9.98. The Morgan fingerprint density at radius 1 is 1.10 bits per heavy atom. The highest BCUT2D eigenvalue weighted by Gasteiger charge is 2.16. The third-order valence-corrected chi connectivity index (χ3v) is 3.52. The number of rotatable bonds is 7. The minimum Gasteiger partial charge on any atom is -0.377 e. The molecule has 0 bridgehead atoms. The Hall–Kier alpha value is -1.45. The summed E-state index contributed by atoms with van der Waals surface area (Å²) < 4.78 is 19.7. The minimum atomic E-state index is -0.173. The van der Waals surface area contributed by atoms with E-state index in [1.54, 1.807) is 6.07 Å². The smallest absolute Gasteiger partial charge is 0.131 e. The maximum atomic E-state index is 13.9. The van der Waals surface area contributed by atoms with E-state index < -0.39 is 0 Å². The fraction of sp³-hybridized carbons (Fsp3) is 0.444. The summed E-state index contributed by atoms with van der Waals surface area (Å²) in [5.41, 5.74) is 1.10. The van der Waals surface area contributed by atoms with E-state index in [0.717, 1.165) is 23.9 Å². The molecule has 1 atom stereocenters. The maximum Gasteiger partial charge on any atom is 0.131 e. The molecule has 3 heteroatoms. The van der Waals surface area contributed by atoms with Crippen molar-refractivity contribution in [3.8, 4) is 0 Å². The van der Waals surface area contributed by atoms with Gasteiger partial charge in [-0.15, -0.1) is 0 Å². The summed E-state index contributed by atoms with van der Waals surface area (Å²) in [6.45, 7) is 7.69. The van der Waals surface area contributed by atoms with Crippen LogP contribution in [0.25, 0.3) is 10.8 Å². The second-order valence-electron chi connectivity index (χ2n) is 5.57. The normalized spacial score (nSPS) is 13.0. The lowest BCUT2D eigenvalue weighted by Gasteiger charge is -2.22. The van der Waals surface area contributed by atoms with E-state index in [9.17, 15) is 4.39 Å². The third kappa shape index (κ3) is 4.02. The van der Waals surface area contributed by atoms with Crippen LogP contribution < -0.4 is 5.32 Å². The number of ether oxygens (including phenoxy) is 1. The van der Waals surface area contributed by atoms with Gasteiger partial charge in [-0.2, -0.15) is 0 Å². The van der Waals surface area contributed by atoms with Crippen LogP contribution in [0.3, 0.4) is 0 Å². The summed E-state index contributed by atoms with van der Waals surface area (Å²) in [6.07, 6.45) is 1.24. The quantitative estimate of drug-likeness (QED) is 0.813. The highest BCUT2D eigenvalue weighted by atomic mass is 19.1. The first-order chi connectivity index (χ1) is 10.1. The SMILES string of the molecule is CCCNC(COC(C)C)c1ccc(F)c2ccccc12. The van der Waals surface area contributed by atoms with Crippen molar-refractivity contribution in [1.82, 2.24) is 5.32 Å². The van der Waals surface area contributed by atoms with E-state index in [1.807, 2.05) is 44.2 Å². The predicted molar refractivity (Wildman–Crippen MR) is 86.0 cm³/mol. The van der Waals surface area contributed by atoms with Crippen LogP contribution in [-0.2, 0) is 4.74 Å². The molecule has 21 heavy (non-hydrogen) atoms. The minimum absolute atomic E-state index is 0.0813. The number of benzene rings is 2. The van der Waals surface area contributed by atoms with Gasteiger partial charge in [-0.25, -0.2) is 4.39 Å². The maximum absolute atomic E-state index is 13.9. The lowest BCUT2D eigenvalue weighted by molar-refractivity contribution is 0.0614. The van der Waals surface area contributed by atoms with E-state index in [0.29, 0.717) is 12.0 Å². The standard InChI is InChI=1S/C18H24FNO/c1-4-11-20-18(12-21-13(2)3)16-9-10-17(19)15-8-6-5-7-14(15)16/h5-10,13,18,20H,4,11-12H2,1-3H3. The van der Waals surface area contributed by atoms with Crippen molar-refractivity contribution in [2.45, 2.75) is 39.3 Å². The second kappa shape index (κ2) is 7.53. The van der Waals surface area contributed by atoms with Crippen molar-refractivity contribution in [3.05, 3.63) is 47.8 Å². The Morgan fingerprint density at radius 3 is 2.48 bits per heavy atom. The molecule has 0 heterocycles. The highest BCUT2D eigenvalue weighted by molar-refractivity contribution is 5.86. The van der Waals surface area contributed by atoms with Crippen LogP contribution in [0.5, 0.6) is 0 Å². The molecule has 0 saturated carbocycles. The van der Waals surface area contributed by atoms with Crippen molar-refractivity contribution in [2.24, 2.45) is 0 Å². The van der Waals surface area contributed by atoms with Crippen LogP contribution in [0, 0.1) is 5.82 Å². The average molecular weight is 289 g/mol. The summed E-state index contributed by atoms with van der Waals surface area (Å²) in [7, 11) is 0. The topological polar surface area (TPSA) is 21.3 Å². The molecule has 2 rings (SSSR count). The van der Waals surface area contributed by atoms with Crippen molar-refractivity contribution >= 4 is 10.8 Å². The number of hydrogen-bond donors (Lipinski definition) is 1. The molecule has 2 aromatic carbocycles. The second-order valence-corrected chi connectivity index (χ2v) is 5.57. The van der Waals surface area contributed by atoms with Crippen LogP contribution in [-0.4, -0.2) is 19.3 Å². The van der Waals surface area contributed by atoms with Gasteiger partial charge in [0, 0.05) is 5.39 Å². The molecule has 1 N–H and O–H groups in total. The molecule has 0 saturated heterocycles. The summed E-state index contributed by atoms with van der Waals surface area (Å²) in [5.74, 6) is -0.173. The van der Waals surface area contributed by atoms with E-state index in [2.05, 4.69) is 12.2 Å². The van der Waals surface area contributed by atoms with Crippen LogP contribution in [0.15, 0.2) is 36.4 Å². The molecular formula is C18H24FNO. The molecular weight excluding hydrogens is 265 g/mol. The molecule has 2 nitrogen and oxygen atoms in total. The number of halogens is 1. The molecule has 0 aliphatic rings. The molecule has 114 valence electrons. The summed E-state index contributed by atoms with van der Waals surface area (Å²) >= 11 is 0. The summed E-state index contributed by atoms with van der Waals surface area (Å²) in [4.78, 5) is 0. The molecule has 0 aromatic heterocycles. The lowest BCUT2D eigenvalue weighted by Crippen LogP contribution is -2.27. The zero-order valence-corrected chi connectivity index (χ0v) is 13.0. The van der Waals surface area contributed by atoms with Crippen molar-refractivity contribution < 1.29 is 9.13 Å². The first-order valence-electron chi connectivity index (χ1n) is 7.65. The predicted octanol–water partition coefficient (Wildman–Crippen LogP) is 4.44. The number of nitrogens with one attached hydrogen (secondary N) is 1. The zero-order chi connectivity index (χ0) is 15.2. The van der Waals surface area contributed by atoms with Crippen molar-refractivity contribution in [1.29, 1.82) is 0 Å². The van der Waals surface area contributed by atoms with Crippen LogP contribution in [0.2, 0.25) is 0 Å². The van der Waals surface area contributed by atoms with Gasteiger partial charge >= 0.3 is 0 Å². The monoisotopic (exact) mass is 289 g/mol. The first-order valence-corrected chi connectivity index (χ1v) is 7.65. The Labute approximate surface area is 126 Å². The van der Waals surface area contributed by atoms with E-state index >= 15 is 0 Å². The molecule has 0 aliphatic heterocycles. The van der Waals surface area contributed by atoms with Gasteiger partial charge in [0.2, 0.25) is 0 Å². The average Bonchev–Trinajstić information content (AvgIpc) is 2.49. The van der Waals surface area contributed by atoms with Crippen molar-refractivity contribution in [2.75, 3.05) is 13.2 Å². The van der Waals surface area contributed by atoms with Gasteiger partial charge in [0.25, 0.3) is 0 Å². The third-order valence-electron chi connectivity index (χ3n) is 3.52. The molecule has 0 radical (unpaired) electrons. The zero-order valence-electron chi connectivity index (χ0n) is 13.0. The van der Waals surface area contributed by atoms with Crippen LogP contribution in [0.4, 0.5) is 4.39 Å². The first kappa shape index (κ1) is 15.9. The largest absolute Gasteiger partial charge is 0.377 e. The molecule has 2 aromatic rings. The van der Waals surface area contributed by atoms with Crippen LogP contribution >= 0.6 is 0 Å². The molecule has 0 spiro atoms. The van der Waals surface area contributed by atoms with Gasteiger partial charge in [-0.05, 0) is 43.8 Å². The van der Waals surface area contributed by atoms with Gasteiger partial charge < -0.3 is 10.1 Å². The number of hydrogen-bond acceptors (Lipinski definition) is 2. The van der Waals surface area contributed by atoms with Crippen molar-refractivity contribution in [3.63, 3.8) is 0 Å². The fourth-order valence-electron chi connectivity index (χ4n) is 2.46. The van der Waals surface area contributed by atoms with Gasteiger partial charge in [0.15, 0.2) is 0 Å². The Morgan fingerprint density at radius 2 is 1.81 bits per heavy atom. The van der Waals surface area contributed by atoms with Gasteiger partial charge in [-0.1, -0.05) is 37.3 Å². The van der Waals surface area contributed by atoms with Gasteiger partial charge in [0.1, 0.15) is 5.82 Å². The fourth-order valence-corrected chi connectivity index (χ4v) is 2.46. The van der Waals surface area contributed by atoms with Gasteiger partial charge in [-0.3, -0.25) is 0 Å². The summed E-state index contributed by atoms with van der Waals surface area (Å²) in [6, 6.07) is 11.1. The molecule has 0 aliphatic carbocycles. The Kier molecular flexibility index (Phi) is 5.71. The molecule has 1 unspecified atom stereocenters. The van der Waals surface area contributed by atoms with E-state index in [4.69, 9.17) is 4.74 Å². The van der Waals surface area contributed by atoms with E-state index in [-0.39, 0.29) is 18.0 Å². The molecule has 0 fully saturated rings. The highest BCUT2D eigenvalue weighted by Crippen LogP contribution is 2.27. The summed E-state index contributed by atoms with van der Waals surface area (Å²) in [5, 5.41) is 5.13.